The van der Waals surface area contributed by atoms with Crippen LogP contribution in [0.2, 0.25) is 0 Å². The number of hydrogen-bond donors (Lipinski definition) is 2. The maximum absolute atomic E-state index is 5.61. The van der Waals surface area contributed by atoms with E-state index in [4.69, 9.17) is 11.5 Å². The number of nitrogen functional groups attached to an aromatic ring is 2. The molecule has 1 radical (unpaired) electrons. The van der Waals surface area contributed by atoms with Crippen LogP contribution >= 0.6 is 0 Å². The van der Waals surface area contributed by atoms with Gasteiger partial charge in [-0.2, -0.15) is 0 Å². The fraction of sp³-hybridized carbons (Fsp3) is 0. The Morgan fingerprint density at radius 1 is 0.562 bits per heavy atom. The van der Waals surface area contributed by atoms with Crippen molar-refractivity contribution >= 4 is 11.4 Å². The minimum atomic E-state index is 0. The second kappa shape index (κ2) is 6.77. The molecule has 2 rings (SSSR count). The first-order valence-electron chi connectivity index (χ1n) is 4.47. The topological polar surface area (TPSA) is 52.0 Å². The van der Waals surface area contributed by atoms with Gasteiger partial charge in [-0.05, 0) is 35.4 Å². The quantitative estimate of drug-likeness (QED) is 0.530. The van der Waals surface area contributed by atoms with Gasteiger partial charge in [0.1, 0.15) is 0 Å². The second-order valence-electron chi connectivity index (χ2n) is 3.24. The standard InChI is InChI=1S/C12H12N2.Au.Ni/c13-11-5-1-9(2-6-11)10-3-7-12(14)8-4-10;;/h1-8H,13-14H2;;. The van der Waals surface area contributed by atoms with Crippen LogP contribution in [0.15, 0.2) is 48.5 Å². The number of nitrogens with two attached hydrogens (primary N) is 2. The van der Waals surface area contributed by atoms with E-state index in [9.17, 15) is 0 Å². The molecule has 0 saturated heterocycles. The minimum Gasteiger partial charge on any atom is -0.399 e. The van der Waals surface area contributed by atoms with Crippen LogP contribution < -0.4 is 11.5 Å². The van der Waals surface area contributed by atoms with Crippen molar-refractivity contribution in [3.63, 3.8) is 0 Å². The van der Waals surface area contributed by atoms with Crippen molar-refractivity contribution in [3.05, 3.63) is 48.5 Å². The maximum Gasteiger partial charge on any atom is 0.0314 e. The van der Waals surface area contributed by atoms with E-state index in [1.165, 1.54) is 0 Å². The Morgan fingerprint density at radius 2 is 0.812 bits per heavy atom. The van der Waals surface area contributed by atoms with Gasteiger partial charge in [0.05, 0.1) is 0 Å². The van der Waals surface area contributed by atoms with E-state index in [0.29, 0.717) is 0 Å². The van der Waals surface area contributed by atoms with E-state index in [-0.39, 0.29) is 38.9 Å². The smallest absolute Gasteiger partial charge is 0.0314 e. The summed E-state index contributed by atoms with van der Waals surface area (Å²) >= 11 is 0. The van der Waals surface area contributed by atoms with Gasteiger partial charge in [0, 0.05) is 50.2 Å². The molecule has 16 heavy (non-hydrogen) atoms. The van der Waals surface area contributed by atoms with Crippen LogP contribution in [-0.2, 0) is 38.9 Å². The maximum atomic E-state index is 5.61. The zero-order valence-corrected chi connectivity index (χ0v) is 11.5. The summed E-state index contributed by atoms with van der Waals surface area (Å²) in [7, 11) is 0. The van der Waals surface area contributed by atoms with Crippen LogP contribution in [-0.4, -0.2) is 0 Å². The molecule has 2 aromatic carbocycles. The van der Waals surface area contributed by atoms with Crippen LogP contribution in [0.25, 0.3) is 11.1 Å². The van der Waals surface area contributed by atoms with Gasteiger partial charge in [-0.3, -0.25) is 0 Å². The van der Waals surface area contributed by atoms with Gasteiger partial charge in [-0.25, -0.2) is 0 Å². The van der Waals surface area contributed by atoms with E-state index in [1.54, 1.807) is 0 Å². The predicted octanol–water partition coefficient (Wildman–Crippen LogP) is 2.51. The van der Waals surface area contributed by atoms with Crippen molar-refractivity contribution in [2.45, 2.75) is 0 Å². The molecule has 0 spiro atoms. The summed E-state index contributed by atoms with van der Waals surface area (Å²) < 4.78 is 0. The zero-order chi connectivity index (χ0) is 9.97. The van der Waals surface area contributed by atoms with E-state index in [1.807, 2.05) is 48.5 Å². The molecule has 0 aliphatic carbocycles. The molecule has 2 aromatic rings. The summed E-state index contributed by atoms with van der Waals surface area (Å²) in [4.78, 5) is 0. The molecule has 4 heteroatoms. The summed E-state index contributed by atoms with van der Waals surface area (Å²) in [6.45, 7) is 0. The third kappa shape index (κ3) is 3.69. The molecule has 2 nitrogen and oxygen atoms in total. The number of benzene rings is 2. The molecular weight excluding hydrogens is 428 g/mol. The van der Waals surface area contributed by atoms with Crippen molar-refractivity contribution < 1.29 is 38.9 Å². The van der Waals surface area contributed by atoms with Gasteiger partial charge in [0.15, 0.2) is 0 Å². The molecule has 0 aromatic heterocycles. The molecule has 0 unspecified atom stereocenters. The number of hydrogen-bond acceptors (Lipinski definition) is 2. The molecular formula is C12H12AuN2Ni. The number of anilines is 2. The minimum absolute atomic E-state index is 0. The summed E-state index contributed by atoms with van der Waals surface area (Å²) in [6, 6.07) is 15.6. The van der Waals surface area contributed by atoms with Gasteiger partial charge in [-0.15, -0.1) is 0 Å². The van der Waals surface area contributed by atoms with Crippen molar-refractivity contribution in [2.24, 2.45) is 0 Å². The Balaban J connectivity index is 0.00000112. The Bertz CT molecular complexity index is 382. The normalized spacial score (nSPS) is 8.75. The van der Waals surface area contributed by atoms with Gasteiger partial charge >= 0.3 is 0 Å². The monoisotopic (exact) mass is 439 g/mol. The molecule has 0 amide bonds. The first kappa shape index (κ1) is 15.3. The first-order valence-corrected chi connectivity index (χ1v) is 4.47. The fourth-order valence-electron chi connectivity index (χ4n) is 1.35. The fourth-order valence-corrected chi connectivity index (χ4v) is 1.35. The van der Waals surface area contributed by atoms with Crippen molar-refractivity contribution in [2.75, 3.05) is 11.5 Å². The van der Waals surface area contributed by atoms with E-state index >= 15 is 0 Å². The van der Waals surface area contributed by atoms with Crippen LogP contribution in [0.1, 0.15) is 0 Å². The van der Waals surface area contributed by atoms with Gasteiger partial charge in [0.25, 0.3) is 0 Å². The molecule has 0 saturated carbocycles. The van der Waals surface area contributed by atoms with Crippen LogP contribution in [0.4, 0.5) is 11.4 Å². The largest absolute Gasteiger partial charge is 0.399 e. The molecule has 0 aliphatic heterocycles. The Kier molecular flexibility index (Phi) is 6.46. The van der Waals surface area contributed by atoms with E-state index in [2.05, 4.69) is 0 Å². The van der Waals surface area contributed by atoms with Crippen LogP contribution in [0, 0.1) is 0 Å². The number of rotatable bonds is 1. The molecule has 0 fully saturated rings. The molecule has 0 atom stereocenters. The third-order valence-corrected chi connectivity index (χ3v) is 2.15. The first-order chi connectivity index (χ1) is 6.75. The van der Waals surface area contributed by atoms with Crippen LogP contribution in [0.5, 0.6) is 0 Å². The predicted molar refractivity (Wildman–Crippen MR) is 60.7 cm³/mol. The van der Waals surface area contributed by atoms with Gasteiger partial charge < -0.3 is 11.5 Å². The average molecular weight is 440 g/mol. The summed E-state index contributed by atoms with van der Waals surface area (Å²) in [5.41, 5.74) is 15.1. The second-order valence-corrected chi connectivity index (χ2v) is 3.24. The molecule has 91 valence electrons. The van der Waals surface area contributed by atoms with Crippen LogP contribution in [0.3, 0.4) is 0 Å². The Morgan fingerprint density at radius 3 is 1.06 bits per heavy atom. The van der Waals surface area contributed by atoms with E-state index in [0.717, 1.165) is 22.5 Å². The summed E-state index contributed by atoms with van der Waals surface area (Å²) in [5.74, 6) is 0. The third-order valence-electron chi connectivity index (χ3n) is 2.15. The summed E-state index contributed by atoms with van der Waals surface area (Å²) in [5, 5.41) is 0. The Hall–Kier alpha value is -0.726. The zero-order valence-electron chi connectivity index (χ0n) is 8.39. The van der Waals surface area contributed by atoms with Crippen molar-refractivity contribution in [3.8, 4) is 11.1 Å². The summed E-state index contributed by atoms with van der Waals surface area (Å²) in [6.07, 6.45) is 0. The SMILES string of the molecule is Nc1ccc(-c2ccc(N)cc2)cc1.[Au].[Ni]. The molecule has 4 N–H and O–H groups in total. The van der Waals surface area contributed by atoms with E-state index < -0.39 is 0 Å². The average Bonchev–Trinajstić information content (AvgIpc) is 2.21. The Labute approximate surface area is 121 Å². The van der Waals surface area contributed by atoms with Crippen molar-refractivity contribution in [1.29, 1.82) is 0 Å². The van der Waals surface area contributed by atoms with Gasteiger partial charge in [0.2, 0.25) is 0 Å². The van der Waals surface area contributed by atoms with Gasteiger partial charge in [-0.1, -0.05) is 24.3 Å². The van der Waals surface area contributed by atoms with Crippen molar-refractivity contribution in [1.82, 2.24) is 0 Å². The molecule has 0 bridgehead atoms. The molecule has 0 heterocycles. The molecule has 0 aliphatic rings.